The van der Waals surface area contributed by atoms with Gasteiger partial charge in [0.15, 0.2) is 5.78 Å². The van der Waals surface area contributed by atoms with Crippen molar-refractivity contribution < 1.29 is 4.79 Å². The number of thiophene rings is 1. The molecule has 0 aliphatic heterocycles. The predicted molar refractivity (Wildman–Crippen MR) is 73.9 cm³/mol. The molecule has 0 saturated heterocycles. The molecule has 4 nitrogen and oxygen atoms in total. The molecular formula is C12H8BrN3OS. The van der Waals surface area contributed by atoms with Gasteiger partial charge in [-0.3, -0.25) is 4.79 Å². The van der Waals surface area contributed by atoms with E-state index in [9.17, 15) is 4.79 Å². The largest absolute Gasteiger partial charge is 0.291 e. The molecule has 0 saturated carbocycles. The molecule has 0 fully saturated rings. The highest BCUT2D eigenvalue weighted by atomic mass is 79.9. The number of Topliss-reactive ketones (excluding diaryl/α,β-unsaturated/α-hetero) is 1. The lowest BCUT2D eigenvalue weighted by atomic mass is 10.3. The van der Waals surface area contributed by atoms with Crippen LogP contribution in [-0.2, 0) is 6.54 Å². The van der Waals surface area contributed by atoms with E-state index in [-0.39, 0.29) is 12.3 Å². The quantitative estimate of drug-likeness (QED) is 0.696. The van der Waals surface area contributed by atoms with Gasteiger partial charge < -0.3 is 0 Å². The first-order valence-corrected chi connectivity index (χ1v) is 6.97. The third-order valence-electron chi connectivity index (χ3n) is 2.58. The van der Waals surface area contributed by atoms with Crippen molar-refractivity contribution in [1.82, 2.24) is 15.0 Å². The Labute approximate surface area is 115 Å². The first-order valence-electron chi connectivity index (χ1n) is 5.30. The number of rotatable bonds is 3. The summed E-state index contributed by atoms with van der Waals surface area (Å²) in [6, 6.07) is 9.47. The van der Waals surface area contributed by atoms with Crippen LogP contribution in [0.25, 0.3) is 11.0 Å². The van der Waals surface area contributed by atoms with Crippen molar-refractivity contribution in [3.63, 3.8) is 0 Å². The molecule has 0 radical (unpaired) electrons. The number of halogens is 1. The van der Waals surface area contributed by atoms with Gasteiger partial charge in [0, 0.05) is 4.47 Å². The maximum Gasteiger partial charge on any atom is 0.195 e. The molecule has 0 unspecified atom stereocenters. The zero-order chi connectivity index (χ0) is 12.5. The highest BCUT2D eigenvalue weighted by Gasteiger charge is 2.14. The second-order valence-electron chi connectivity index (χ2n) is 3.76. The van der Waals surface area contributed by atoms with Crippen molar-refractivity contribution in [2.24, 2.45) is 0 Å². The summed E-state index contributed by atoms with van der Waals surface area (Å²) in [5.41, 5.74) is 1.68. The fraction of sp³-hybridized carbons (Fsp3) is 0.0833. The minimum absolute atomic E-state index is 0.0347. The van der Waals surface area contributed by atoms with Gasteiger partial charge in [-0.1, -0.05) is 17.3 Å². The Bertz CT molecular complexity index is 719. The molecule has 0 aliphatic carbocycles. The number of ketones is 1. The molecule has 2 aromatic heterocycles. The van der Waals surface area contributed by atoms with Gasteiger partial charge in [-0.25, -0.2) is 4.68 Å². The van der Waals surface area contributed by atoms with Crippen LogP contribution >= 0.6 is 27.3 Å². The van der Waals surface area contributed by atoms with Gasteiger partial charge in [0.2, 0.25) is 0 Å². The SMILES string of the molecule is O=C(Cn1nnc2ccccc21)c1sccc1Br. The highest BCUT2D eigenvalue weighted by Crippen LogP contribution is 2.23. The van der Waals surface area contributed by atoms with E-state index in [1.807, 2.05) is 35.7 Å². The molecule has 0 bridgehead atoms. The van der Waals surface area contributed by atoms with Crippen molar-refractivity contribution in [1.29, 1.82) is 0 Å². The van der Waals surface area contributed by atoms with Crippen LogP contribution in [0.2, 0.25) is 0 Å². The number of carbonyl (C=O) groups is 1. The number of hydrogen-bond donors (Lipinski definition) is 0. The highest BCUT2D eigenvalue weighted by molar-refractivity contribution is 9.10. The molecule has 0 amide bonds. The van der Waals surface area contributed by atoms with Gasteiger partial charge in [-0.05, 0) is 39.5 Å². The number of para-hydroxylation sites is 1. The number of fused-ring (bicyclic) bond motifs is 1. The Morgan fingerprint density at radius 1 is 1.33 bits per heavy atom. The molecular weight excluding hydrogens is 314 g/mol. The minimum atomic E-state index is 0.0347. The van der Waals surface area contributed by atoms with E-state index < -0.39 is 0 Å². The van der Waals surface area contributed by atoms with Crippen LogP contribution in [0.4, 0.5) is 0 Å². The Balaban J connectivity index is 1.93. The lowest BCUT2D eigenvalue weighted by Gasteiger charge is -2.00. The molecule has 1 aromatic carbocycles. The van der Waals surface area contributed by atoms with Crippen molar-refractivity contribution in [2.75, 3.05) is 0 Å². The zero-order valence-corrected chi connectivity index (χ0v) is 11.6. The summed E-state index contributed by atoms with van der Waals surface area (Å²) in [6.45, 7) is 0.208. The van der Waals surface area contributed by atoms with Gasteiger partial charge in [-0.15, -0.1) is 16.4 Å². The van der Waals surface area contributed by atoms with Gasteiger partial charge in [-0.2, -0.15) is 0 Å². The molecule has 18 heavy (non-hydrogen) atoms. The van der Waals surface area contributed by atoms with E-state index >= 15 is 0 Å². The summed E-state index contributed by atoms with van der Waals surface area (Å²) in [7, 11) is 0. The Hall–Kier alpha value is -1.53. The van der Waals surface area contributed by atoms with Gasteiger partial charge in [0.25, 0.3) is 0 Å². The van der Waals surface area contributed by atoms with E-state index in [0.29, 0.717) is 0 Å². The minimum Gasteiger partial charge on any atom is -0.291 e. The van der Waals surface area contributed by atoms with E-state index in [2.05, 4.69) is 26.2 Å². The van der Waals surface area contributed by atoms with E-state index in [1.54, 1.807) is 4.68 Å². The van der Waals surface area contributed by atoms with Crippen molar-refractivity contribution in [3.8, 4) is 0 Å². The monoisotopic (exact) mass is 321 g/mol. The van der Waals surface area contributed by atoms with Crippen LogP contribution in [-0.4, -0.2) is 20.8 Å². The lowest BCUT2D eigenvalue weighted by molar-refractivity contribution is 0.0972. The van der Waals surface area contributed by atoms with Crippen LogP contribution in [0.3, 0.4) is 0 Å². The fourth-order valence-corrected chi connectivity index (χ4v) is 3.26. The summed E-state index contributed by atoms with van der Waals surface area (Å²) < 4.78 is 2.46. The van der Waals surface area contributed by atoms with Crippen LogP contribution < -0.4 is 0 Å². The first kappa shape index (κ1) is 11.6. The molecule has 0 atom stereocenters. The number of nitrogens with zero attached hydrogens (tertiary/aromatic N) is 3. The fourth-order valence-electron chi connectivity index (χ4n) is 1.73. The zero-order valence-electron chi connectivity index (χ0n) is 9.21. The smallest absolute Gasteiger partial charge is 0.195 e. The number of aromatic nitrogens is 3. The van der Waals surface area contributed by atoms with Crippen LogP contribution in [0.1, 0.15) is 9.67 Å². The second-order valence-corrected chi connectivity index (χ2v) is 5.53. The van der Waals surface area contributed by atoms with Gasteiger partial charge in [0.1, 0.15) is 12.1 Å². The third-order valence-corrected chi connectivity index (χ3v) is 4.46. The molecule has 90 valence electrons. The second kappa shape index (κ2) is 4.62. The van der Waals surface area contributed by atoms with Gasteiger partial charge in [0.05, 0.1) is 10.4 Å². The number of carbonyl (C=O) groups excluding carboxylic acids is 1. The number of hydrogen-bond acceptors (Lipinski definition) is 4. The summed E-state index contributed by atoms with van der Waals surface area (Å²) in [4.78, 5) is 12.8. The summed E-state index contributed by atoms with van der Waals surface area (Å²) in [5, 5.41) is 9.92. The van der Waals surface area contributed by atoms with Crippen molar-refractivity contribution in [3.05, 3.63) is 45.1 Å². The molecule has 0 N–H and O–H groups in total. The average Bonchev–Trinajstić information content (AvgIpc) is 2.97. The molecule has 6 heteroatoms. The maximum absolute atomic E-state index is 12.1. The topological polar surface area (TPSA) is 47.8 Å². The van der Waals surface area contributed by atoms with Crippen molar-refractivity contribution in [2.45, 2.75) is 6.54 Å². The Kier molecular flexibility index (Phi) is 2.97. The molecule has 0 spiro atoms. The molecule has 3 aromatic rings. The van der Waals surface area contributed by atoms with Crippen molar-refractivity contribution >= 4 is 44.1 Å². The predicted octanol–water partition coefficient (Wildman–Crippen LogP) is 3.14. The molecule has 2 heterocycles. The van der Waals surface area contributed by atoms with Crippen LogP contribution in [0.15, 0.2) is 40.2 Å². The van der Waals surface area contributed by atoms with Crippen LogP contribution in [0, 0.1) is 0 Å². The standard InChI is InChI=1S/C12H8BrN3OS/c13-8-5-6-18-12(8)11(17)7-16-10-4-2-1-3-9(10)14-15-16/h1-6H,7H2. The summed E-state index contributed by atoms with van der Waals surface area (Å²) in [6.07, 6.45) is 0. The average molecular weight is 322 g/mol. The lowest BCUT2D eigenvalue weighted by Crippen LogP contribution is -2.10. The van der Waals surface area contributed by atoms with Gasteiger partial charge >= 0.3 is 0 Å². The third kappa shape index (κ3) is 1.97. The maximum atomic E-state index is 12.1. The Morgan fingerprint density at radius 2 is 2.17 bits per heavy atom. The molecule has 0 aliphatic rings. The Morgan fingerprint density at radius 3 is 2.94 bits per heavy atom. The molecule has 3 rings (SSSR count). The summed E-state index contributed by atoms with van der Waals surface area (Å²) in [5.74, 6) is 0.0347. The normalized spacial score (nSPS) is 10.9. The van der Waals surface area contributed by atoms with E-state index in [4.69, 9.17) is 0 Å². The van der Waals surface area contributed by atoms with E-state index in [0.717, 1.165) is 20.4 Å². The number of benzene rings is 1. The first-order chi connectivity index (χ1) is 8.75. The summed E-state index contributed by atoms with van der Waals surface area (Å²) >= 11 is 4.79. The van der Waals surface area contributed by atoms with E-state index in [1.165, 1.54) is 11.3 Å². The van der Waals surface area contributed by atoms with Crippen LogP contribution in [0.5, 0.6) is 0 Å².